The van der Waals surface area contributed by atoms with Crippen LogP contribution in [0.25, 0.3) is 5.69 Å². The number of nitrogens with one attached hydrogen (secondary N) is 2. The summed E-state index contributed by atoms with van der Waals surface area (Å²) >= 11 is 0. The van der Waals surface area contributed by atoms with E-state index in [1.165, 1.54) is 4.68 Å². The van der Waals surface area contributed by atoms with Crippen LogP contribution in [0.3, 0.4) is 0 Å². The molecule has 0 saturated carbocycles. The molecule has 3 N–H and O–H groups in total. The van der Waals surface area contributed by atoms with Gasteiger partial charge in [0.15, 0.2) is 17.5 Å². The summed E-state index contributed by atoms with van der Waals surface area (Å²) in [6.45, 7) is 5.09. The lowest BCUT2D eigenvalue weighted by Crippen LogP contribution is -2.42. The number of aliphatic hydroxyl groups is 1. The summed E-state index contributed by atoms with van der Waals surface area (Å²) in [4.78, 5) is 15.3. The van der Waals surface area contributed by atoms with Gasteiger partial charge in [-0.3, -0.25) is 10.2 Å². The van der Waals surface area contributed by atoms with Crippen LogP contribution in [-0.2, 0) is 4.74 Å². The van der Waals surface area contributed by atoms with Gasteiger partial charge in [0.25, 0.3) is 0 Å². The SMILES string of the molecule is COCCN1CC(NC(=O)Nc2c(C)c(OCC(C)O)nn2-c2ccccc2)C(c2cc(F)c(F)c(F)c2)C1. The highest BCUT2D eigenvalue weighted by atomic mass is 19.2. The maximum atomic E-state index is 14.0. The van der Waals surface area contributed by atoms with Gasteiger partial charge in [0, 0.05) is 32.7 Å². The summed E-state index contributed by atoms with van der Waals surface area (Å²) in [5.74, 6) is -4.00. The predicted molar refractivity (Wildman–Crippen MR) is 139 cm³/mol. The maximum absolute atomic E-state index is 14.0. The second-order valence-corrected chi connectivity index (χ2v) is 9.55. The Morgan fingerprint density at radius 2 is 1.87 bits per heavy atom. The van der Waals surface area contributed by atoms with Crippen molar-refractivity contribution in [1.29, 1.82) is 0 Å². The smallest absolute Gasteiger partial charge is 0.320 e. The first-order valence-corrected chi connectivity index (χ1v) is 12.6. The Labute approximate surface area is 224 Å². The zero-order valence-corrected chi connectivity index (χ0v) is 22.0. The zero-order chi connectivity index (χ0) is 28.1. The Kier molecular flexibility index (Phi) is 9.10. The fourth-order valence-corrected chi connectivity index (χ4v) is 4.59. The van der Waals surface area contributed by atoms with Gasteiger partial charge in [-0.1, -0.05) is 18.2 Å². The lowest BCUT2D eigenvalue weighted by atomic mass is 9.94. The largest absolute Gasteiger partial charge is 0.474 e. The molecular weight excluding hydrogens is 515 g/mol. The number of anilines is 1. The van der Waals surface area contributed by atoms with E-state index in [0.29, 0.717) is 43.3 Å². The van der Waals surface area contributed by atoms with Crippen LogP contribution in [0.1, 0.15) is 24.0 Å². The summed E-state index contributed by atoms with van der Waals surface area (Å²) in [6.07, 6.45) is -0.715. The molecule has 210 valence electrons. The number of carbonyl (C=O) groups excluding carboxylic acids is 1. The molecule has 3 unspecified atom stereocenters. The van der Waals surface area contributed by atoms with Crippen molar-refractivity contribution in [1.82, 2.24) is 20.0 Å². The zero-order valence-electron chi connectivity index (χ0n) is 22.0. The second-order valence-electron chi connectivity index (χ2n) is 9.55. The number of likely N-dealkylation sites (tertiary alicyclic amines) is 1. The van der Waals surface area contributed by atoms with E-state index in [1.807, 2.05) is 35.2 Å². The number of nitrogens with zero attached hydrogens (tertiary/aromatic N) is 3. The molecule has 1 aliphatic rings. The second kappa shape index (κ2) is 12.5. The Balaban J connectivity index is 1.58. The van der Waals surface area contributed by atoms with Crippen LogP contribution in [-0.4, -0.2) is 77.9 Å². The van der Waals surface area contributed by atoms with Crippen molar-refractivity contribution < 1.29 is 32.5 Å². The number of para-hydroxylation sites is 1. The van der Waals surface area contributed by atoms with E-state index in [-0.39, 0.29) is 18.1 Å². The molecule has 1 fully saturated rings. The van der Waals surface area contributed by atoms with E-state index >= 15 is 0 Å². The van der Waals surface area contributed by atoms with Crippen LogP contribution in [0.5, 0.6) is 5.88 Å². The van der Waals surface area contributed by atoms with Gasteiger partial charge in [-0.05, 0) is 43.7 Å². The highest BCUT2D eigenvalue weighted by Crippen LogP contribution is 2.31. The number of ether oxygens (including phenoxy) is 2. The summed E-state index contributed by atoms with van der Waals surface area (Å²) < 4.78 is 54.0. The van der Waals surface area contributed by atoms with E-state index in [9.17, 15) is 23.1 Å². The first-order chi connectivity index (χ1) is 18.7. The van der Waals surface area contributed by atoms with E-state index in [2.05, 4.69) is 15.7 Å². The minimum absolute atomic E-state index is 0.0180. The summed E-state index contributed by atoms with van der Waals surface area (Å²) in [5.41, 5.74) is 1.46. The first-order valence-electron chi connectivity index (χ1n) is 12.6. The number of hydrogen-bond donors (Lipinski definition) is 3. The molecule has 12 heteroatoms. The Morgan fingerprint density at radius 1 is 1.18 bits per heavy atom. The average Bonchev–Trinajstić information content (AvgIpc) is 3.45. The van der Waals surface area contributed by atoms with Gasteiger partial charge in [0.1, 0.15) is 12.4 Å². The van der Waals surface area contributed by atoms with Crippen LogP contribution in [0.2, 0.25) is 0 Å². The number of urea groups is 1. The van der Waals surface area contributed by atoms with Crippen molar-refractivity contribution in [3.8, 4) is 11.6 Å². The lowest BCUT2D eigenvalue weighted by Gasteiger charge is -2.21. The van der Waals surface area contributed by atoms with E-state index in [0.717, 1.165) is 12.1 Å². The van der Waals surface area contributed by atoms with Gasteiger partial charge >= 0.3 is 6.03 Å². The van der Waals surface area contributed by atoms with Gasteiger partial charge in [0.05, 0.1) is 30.0 Å². The number of aromatic nitrogens is 2. The number of aliphatic hydroxyl groups excluding tert-OH is 1. The number of amides is 2. The first kappa shape index (κ1) is 28.4. The number of methoxy groups -OCH3 is 1. The average molecular weight is 548 g/mol. The van der Waals surface area contributed by atoms with Crippen molar-refractivity contribution in [2.75, 3.05) is 45.3 Å². The predicted octanol–water partition coefficient (Wildman–Crippen LogP) is 3.59. The van der Waals surface area contributed by atoms with Crippen LogP contribution in [0.4, 0.5) is 23.8 Å². The van der Waals surface area contributed by atoms with Gasteiger partial charge in [-0.2, -0.15) is 0 Å². The minimum atomic E-state index is -1.53. The van der Waals surface area contributed by atoms with Gasteiger partial charge in [-0.25, -0.2) is 22.6 Å². The third kappa shape index (κ3) is 6.70. The van der Waals surface area contributed by atoms with Crippen molar-refractivity contribution in [3.63, 3.8) is 0 Å². The summed E-state index contributed by atoms with van der Waals surface area (Å²) in [5, 5.41) is 19.8. The maximum Gasteiger partial charge on any atom is 0.320 e. The number of rotatable bonds is 10. The Morgan fingerprint density at radius 3 is 2.51 bits per heavy atom. The Bertz CT molecular complexity index is 1260. The van der Waals surface area contributed by atoms with E-state index in [1.54, 1.807) is 21.0 Å². The highest BCUT2D eigenvalue weighted by Gasteiger charge is 2.36. The third-order valence-corrected chi connectivity index (χ3v) is 6.53. The number of hydrogen-bond acceptors (Lipinski definition) is 6. The molecule has 9 nitrogen and oxygen atoms in total. The molecule has 0 aliphatic carbocycles. The summed E-state index contributed by atoms with van der Waals surface area (Å²) in [7, 11) is 1.57. The molecule has 3 atom stereocenters. The fraction of sp³-hybridized carbons (Fsp3) is 0.407. The van der Waals surface area contributed by atoms with Crippen LogP contribution in [0.15, 0.2) is 42.5 Å². The van der Waals surface area contributed by atoms with Gasteiger partial charge in [-0.15, -0.1) is 5.10 Å². The lowest BCUT2D eigenvalue weighted by molar-refractivity contribution is 0.119. The molecule has 3 aromatic rings. The molecule has 0 radical (unpaired) electrons. The topological polar surface area (TPSA) is 101 Å². The number of halogens is 3. The standard InChI is InChI=1S/C27H32F3N5O4/c1-16(36)15-39-26-17(2)25(35(33-26)19-7-5-4-6-8-19)32-27(37)31-23-14-34(9-10-38-3)13-20(23)18-11-21(28)24(30)22(29)12-18/h4-8,11-12,16,20,23,36H,9-10,13-15H2,1-3H3,(H2,31,32,37). The normalized spacial score (nSPS) is 18.2. The molecule has 0 spiro atoms. The molecule has 2 amide bonds. The highest BCUT2D eigenvalue weighted by molar-refractivity contribution is 5.90. The molecule has 2 aromatic carbocycles. The Hall–Kier alpha value is -3.61. The van der Waals surface area contributed by atoms with Crippen molar-refractivity contribution >= 4 is 11.8 Å². The van der Waals surface area contributed by atoms with Crippen LogP contribution >= 0.6 is 0 Å². The molecule has 1 saturated heterocycles. The molecule has 4 rings (SSSR count). The van der Waals surface area contributed by atoms with Crippen LogP contribution < -0.4 is 15.4 Å². The van der Waals surface area contributed by atoms with E-state index < -0.39 is 41.5 Å². The molecular formula is C27H32F3N5O4. The third-order valence-electron chi connectivity index (χ3n) is 6.53. The number of benzene rings is 2. The van der Waals surface area contributed by atoms with Crippen molar-refractivity contribution in [2.45, 2.75) is 31.9 Å². The minimum Gasteiger partial charge on any atom is -0.474 e. The molecule has 0 bridgehead atoms. The molecule has 39 heavy (non-hydrogen) atoms. The van der Waals surface area contributed by atoms with Crippen LogP contribution in [0, 0.1) is 24.4 Å². The molecule has 1 aromatic heterocycles. The van der Waals surface area contributed by atoms with Crippen molar-refractivity contribution in [3.05, 3.63) is 71.0 Å². The summed E-state index contributed by atoms with van der Waals surface area (Å²) in [6, 6.07) is 9.96. The molecule has 1 aliphatic heterocycles. The number of carbonyl (C=O) groups is 1. The van der Waals surface area contributed by atoms with Gasteiger partial charge in [0.2, 0.25) is 5.88 Å². The van der Waals surface area contributed by atoms with Crippen molar-refractivity contribution in [2.24, 2.45) is 0 Å². The quantitative estimate of drug-likeness (QED) is 0.336. The van der Waals surface area contributed by atoms with Gasteiger partial charge < -0.3 is 19.9 Å². The monoisotopic (exact) mass is 547 g/mol. The molecule has 2 heterocycles. The fourth-order valence-electron chi connectivity index (χ4n) is 4.59. The van der Waals surface area contributed by atoms with E-state index in [4.69, 9.17) is 9.47 Å².